The van der Waals surface area contributed by atoms with Crippen LogP contribution in [0.2, 0.25) is 0 Å². The number of rotatable bonds is 7. The monoisotopic (exact) mass is 977 g/mol. The SMILES string of the molecule is CC(C)c1cccnc1.Cc1ccc(C(C)C)c(C)n1.Cc1ccc(C(C)C)cn1.Cc1cnc(C)c(C(C)C)n1.Cc1cncc(C(C)C)n1.Cc1ncc(C(C)C)nc1C.Cc1ncccc1C(C)C. The van der Waals surface area contributed by atoms with Gasteiger partial charge in [-0.15, -0.1) is 0 Å². The molecule has 0 aliphatic rings. The van der Waals surface area contributed by atoms with Crippen LogP contribution in [0.25, 0.3) is 0 Å². The Morgan fingerprint density at radius 1 is 0.292 bits per heavy atom. The van der Waals surface area contributed by atoms with Crippen molar-refractivity contribution in [3.63, 3.8) is 0 Å². The Morgan fingerprint density at radius 3 is 1.25 bits per heavy atom. The normalized spacial score (nSPS) is 10.5. The molecule has 0 radical (unpaired) electrons. The highest BCUT2D eigenvalue weighted by Crippen LogP contribution is 2.19. The van der Waals surface area contributed by atoms with Crippen LogP contribution in [-0.4, -0.2) is 49.8 Å². The summed E-state index contributed by atoms with van der Waals surface area (Å²) in [7, 11) is 0. The Morgan fingerprint density at radius 2 is 0.833 bits per heavy atom. The fourth-order valence-corrected chi connectivity index (χ4v) is 6.65. The van der Waals surface area contributed by atoms with Gasteiger partial charge in [0, 0.05) is 72.4 Å². The van der Waals surface area contributed by atoms with Gasteiger partial charge in [0.05, 0.1) is 45.6 Å². The van der Waals surface area contributed by atoms with Gasteiger partial charge in [0.1, 0.15) is 0 Å². The van der Waals surface area contributed by atoms with E-state index in [1.807, 2.05) is 91.6 Å². The van der Waals surface area contributed by atoms with Gasteiger partial charge in [0.15, 0.2) is 0 Å². The van der Waals surface area contributed by atoms with Gasteiger partial charge in [0.25, 0.3) is 0 Å². The fraction of sp³-hybridized carbons (Fsp3) is 0.484. The van der Waals surface area contributed by atoms with Crippen LogP contribution in [0.15, 0.2) is 98.1 Å². The highest BCUT2D eigenvalue weighted by molar-refractivity contribution is 5.25. The summed E-state index contributed by atoms with van der Waals surface area (Å²) in [4.78, 5) is 42.4. The van der Waals surface area contributed by atoms with Crippen LogP contribution in [0.4, 0.5) is 0 Å². The number of aromatic nitrogens is 10. The first-order valence-corrected chi connectivity index (χ1v) is 25.8. The summed E-state index contributed by atoms with van der Waals surface area (Å²) in [5.74, 6) is 3.79. The van der Waals surface area contributed by atoms with E-state index in [1.165, 1.54) is 27.9 Å². The molecule has 10 heteroatoms. The number of pyridine rings is 4. The maximum Gasteiger partial charge on any atom is 0.0644 e. The third kappa shape index (κ3) is 25.3. The lowest BCUT2D eigenvalue weighted by atomic mass is 10.0. The lowest BCUT2D eigenvalue weighted by Gasteiger charge is -2.08. The average Bonchev–Trinajstić information content (AvgIpc) is 3.32. The summed E-state index contributed by atoms with van der Waals surface area (Å²) in [5.41, 5.74) is 18.2. The summed E-state index contributed by atoms with van der Waals surface area (Å²) in [6.07, 6.45) is 14.7. The number of hydrogen-bond acceptors (Lipinski definition) is 10. The molecule has 0 atom stereocenters. The van der Waals surface area contributed by atoms with Crippen molar-refractivity contribution in [2.45, 2.75) is 201 Å². The Labute approximate surface area is 437 Å². The van der Waals surface area contributed by atoms with Crippen molar-refractivity contribution in [1.82, 2.24) is 49.8 Å². The second kappa shape index (κ2) is 33.5. The van der Waals surface area contributed by atoms with Crippen LogP contribution in [0, 0.1) is 62.3 Å². The Bertz CT molecular complexity index is 2560. The van der Waals surface area contributed by atoms with E-state index in [4.69, 9.17) is 0 Å². The number of nitrogens with zero attached hydrogens (tertiary/aromatic N) is 10. The van der Waals surface area contributed by atoms with Crippen molar-refractivity contribution in [2.75, 3.05) is 0 Å². The summed E-state index contributed by atoms with van der Waals surface area (Å²) >= 11 is 0. The Balaban J connectivity index is 0.000000420. The molecule has 390 valence electrons. The summed E-state index contributed by atoms with van der Waals surface area (Å²) < 4.78 is 0. The standard InChI is InChI=1S/C10H15N.2C9H14N2.2C9H13N.C8H12N2.C8H11N/c1-7(2)10-6-5-8(3)11-9(10)4;1-6(2)9-5-10-7(3)8(4)11-9;1-6(2)9-8(4)10-5-7(3)11-9;1-7(2)9-5-4-8(3)10-6-9;1-7(2)9-5-4-6-10-8(9)3;1-6(2)8-5-9-4-7(3)10-8;1-7(2)8-4-3-5-9-6-8/h5-7H,1-4H3;2*5-6H,1-4H3;2*4-7H,1-3H3;4-6H,1-3H3;3-7H,1-2H3. The average molecular weight is 977 g/mol. The molecule has 0 N–H and O–H groups in total. The van der Waals surface area contributed by atoms with Gasteiger partial charge < -0.3 is 0 Å². The number of aryl methyl sites for hydroxylation is 9. The molecule has 7 aromatic rings. The third-order valence-electron chi connectivity index (χ3n) is 11.3. The third-order valence-corrected chi connectivity index (χ3v) is 11.3. The summed E-state index contributed by atoms with van der Waals surface area (Å²) in [6, 6.07) is 16.6. The first kappa shape index (κ1) is 63.9. The topological polar surface area (TPSA) is 129 Å². The predicted molar refractivity (Wildman–Crippen MR) is 304 cm³/mol. The molecule has 0 spiro atoms. The fourth-order valence-electron chi connectivity index (χ4n) is 6.65. The van der Waals surface area contributed by atoms with Crippen molar-refractivity contribution >= 4 is 0 Å². The molecule has 0 aliphatic heterocycles. The van der Waals surface area contributed by atoms with E-state index >= 15 is 0 Å². The number of hydrogen-bond donors (Lipinski definition) is 0. The second-order valence-corrected chi connectivity index (χ2v) is 20.4. The Kier molecular flexibility index (Phi) is 29.7. The van der Waals surface area contributed by atoms with Crippen LogP contribution in [0.3, 0.4) is 0 Å². The molecule has 0 bridgehead atoms. The van der Waals surface area contributed by atoms with Gasteiger partial charge in [-0.3, -0.25) is 49.8 Å². The van der Waals surface area contributed by atoms with Crippen molar-refractivity contribution in [3.8, 4) is 0 Å². The second-order valence-electron chi connectivity index (χ2n) is 20.4. The molecule has 10 nitrogen and oxygen atoms in total. The maximum atomic E-state index is 4.41. The molecule has 7 aromatic heterocycles. The zero-order chi connectivity index (χ0) is 54.7. The minimum atomic E-state index is 0.474. The van der Waals surface area contributed by atoms with Gasteiger partial charge in [-0.1, -0.05) is 121 Å². The molecule has 0 saturated carbocycles. The highest BCUT2D eigenvalue weighted by atomic mass is 14.8. The lowest BCUT2D eigenvalue weighted by molar-refractivity contribution is 0.786. The first-order chi connectivity index (χ1) is 33.7. The molecular weight excluding hydrogens is 885 g/mol. The van der Waals surface area contributed by atoms with E-state index in [1.54, 1.807) is 18.6 Å². The van der Waals surface area contributed by atoms with Gasteiger partial charge in [0.2, 0.25) is 0 Å². The largest absolute Gasteiger partial charge is 0.264 e. The molecule has 7 rings (SSSR count). The molecule has 72 heavy (non-hydrogen) atoms. The summed E-state index contributed by atoms with van der Waals surface area (Å²) in [5, 5.41) is 0. The van der Waals surface area contributed by atoms with E-state index in [0.717, 1.165) is 62.6 Å². The zero-order valence-electron chi connectivity index (χ0n) is 48.8. The summed E-state index contributed by atoms with van der Waals surface area (Å²) in [6.45, 7) is 48.2. The van der Waals surface area contributed by atoms with E-state index in [2.05, 4.69) is 197 Å². The van der Waals surface area contributed by atoms with Crippen LogP contribution < -0.4 is 0 Å². The zero-order valence-corrected chi connectivity index (χ0v) is 48.8. The van der Waals surface area contributed by atoms with Gasteiger partial charge in [-0.2, -0.15) is 0 Å². The molecule has 0 aromatic carbocycles. The van der Waals surface area contributed by atoms with Crippen LogP contribution in [0.1, 0.15) is 229 Å². The lowest BCUT2D eigenvalue weighted by Crippen LogP contribution is -2.00. The molecule has 0 aliphatic carbocycles. The smallest absolute Gasteiger partial charge is 0.0644 e. The van der Waals surface area contributed by atoms with Crippen LogP contribution in [0.5, 0.6) is 0 Å². The van der Waals surface area contributed by atoms with Crippen LogP contribution in [-0.2, 0) is 0 Å². The van der Waals surface area contributed by atoms with E-state index in [0.29, 0.717) is 41.4 Å². The first-order valence-electron chi connectivity index (χ1n) is 25.8. The maximum absolute atomic E-state index is 4.41. The highest BCUT2D eigenvalue weighted by Gasteiger charge is 2.07. The molecule has 0 fully saturated rings. The minimum Gasteiger partial charge on any atom is -0.264 e. The van der Waals surface area contributed by atoms with Crippen molar-refractivity contribution in [1.29, 1.82) is 0 Å². The van der Waals surface area contributed by atoms with Gasteiger partial charge >= 0.3 is 0 Å². The molecule has 0 saturated heterocycles. The van der Waals surface area contributed by atoms with Crippen LogP contribution >= 0.6 is 0 Å². The van der Waals surface area contributed by atoms with E-state index in [9.17, 15) is 0 Å². The van der Waals surface area contributed by atoms with E-state index in [-0.39, 0.29) is 0 Å². The van der Waals surface area contributed by atoms with Crippen molar-refractivity contribution < 1.29 is 0 Å². The molecular formula is C62H92N10. The van der Waals surface area contributed by atoms with Crippen molar-refractivity contribution in [3.05, 3.63) is 189 Å². The minimum absolute atomic E-state index is 0.474. The van der Waals surface area contributed by atoms with E-state index < -0.39 is 0 Å². The van der Waals surface area contributed by atoms with Gasteiger partial charge in [-0.05, 0) is 150 Å². The predicted octanol–water partition coefficient (Wildman–Crippen LogP) is 16.4. The Hall–Kier alpha value is -6.16. The molecule has 0 unspecified atom stereocenters. The van der Waals surface area contributed by atoms with Crippen molar-refractivity contribution in [2.24, 2.45) is 0 Å². The molecule has 7 heterocycles. The van der Waals surface area contributed by atoms with Gasteiger partial charge in [-0.25, -0.2) is 0 Å². The quantitative estimate of drug-likeness (QED) is 0.152. The molecule has 0 amide bonds.